The van der Waals surface area contributed by atoms with Gasteiger partial charge in [0.05, 0.1) is 19.1 Å². The minimum Gasteiger partial charge on any atom is -0.481 e. The molecule has 7 atom stereocenters. The molecule has 3 unspecified atom stereocenters. The van der Waals surface area contributed by atoms with Crippen molar-refractivity contribution >= 4 is 23.9 Å². The van der Waals surface area contributed by atoms with Crippen LogP contribution in [0, 0.1) is 11.8 Å². The number of anilines is 1. The van der Waals surface area contributed by atoms with E-state index >= 15 is 0 Å². The molecule has 2 amide bonds. The zero-order valence-corrected chi connectivity index (χ0v) is 22.2. The molecule has 214 valence electrons. The molecule has 5 rings (SSSR count). The lowest BCUT2D eigenvalue weighted by atomic mass is 9.97. The van der Waals surface area contributed by atoms with Gasteiger partial charge in [0.15, 0.2) is 12.5 Å². The summed E-state index contributed by atoms with van der Waals surface area (Å²) >= 11 is 0. The van der Waals surface area contributed by atoms with Gasteiger partial charge in [-0.1, -0.05) is 42.8 Å². The fourth-order valence-electron chi connectivity index (χ4n) is 5.46. The summed E-state index contributed by atoms with van der Waals surface area (Å²) in [6, 6.07) is 10.8. The van der Waals surface area contributed by atoms with Gasteiger partial charge in [0.2, 0.25) is 0 Å². The summed E-state index contributed by atoms with van der Waals surface area (Å²) in [4.78, 5) is 40.3. The molecule has 3 N–H and O–H groups in total. The number of benzene rings is 1. The van der Waals surface area contributed by atoms with E-state index in [-0.39, 0.29) is 18.3 Å². The Labute approximate surface area is 231 Å². The number of carboxylic acid groups (broad SMARTS) is 1. The quantitative estimate of drug-likeness (QED) is 0.403. The molecule has 2 aromatic rings. The second-order valence-corrected chi connectivity index (χ2v) is 10.1. The fourth-order valence-corrected chi connectivity index (χ4v) is 5.46. The second kappa shape index (κ2) is 12.7. The van der Waals surface area contributed by atoms with E-state index in [2.05, 4.69) is 15.6 Å². The van der Waals surface area contributed by atoms with Crippen LogP contribution in [0.15, 0.2) is 53.5 Å². The van der Waals surface area contributed by atoms with Crippen molar-refractivity contribution in [2.45, 2.75) is 57.0 Å². The van der Waals surface area contributed by atoms with Gasteiger partial charge in [-0.05, 0) is 43.4 Å². The zero-order chi connectivity index (χ0) is 28.1. The van der Waals surface area contributed by atoms with Crippen LogP contribution in [0.2, 0.25) is 0 Å². The number of hydrogen-bond donors (Lipinski definition) is 3. The number of hydrogen-bond acceptors (Lipinski definition) is 8. The number of nitrogens with one attached hydrogen (secondary N) is 2. The highest BCUT2D eigenvalue weighted by molar-refractivity contribution is 5.87. The Balaban J connectivity index is 1.30. The average molecular weight is 555 g/mol. The number of carbonyl (C=O) groups excluding carboxylic acids is 1. The molecule has 1 saturated carbocycles. The van der Waals surface area contributed by atoms with Gasteiger partial charge in [-0.2, -0.15) is 4.98 Å². The first-order valence-corrected chi connectivity index (χ1v) is 13.6. The number of fused-ring (bicyclic) bond motifs is 1. The number of carboxylic acids is 1. The molecule has 1 aromatic carbocycles. The number of carbonyl (C=O) groups is 2. The summed E-state index contributed by atoms with van der Waals surface area (Å²) in [6.07, 6.45) is 4.29. The lowest BCUT2D eigenvalue weighted by Crippen LogP contribution is -2.35. The van der Waals surface area contributed by atoms with E-state index in [1.807, 2.05) is 36.4 Å². The van der Waals surface area contributed by atoms with Crippen LogP contribution in [0.25, 0.3) is 6.08 Å². The lowest BCUT2D eigenvalue weighted by Gasteiger charge is -2.22. The van der Waals surface area contributed by atoms with Gasteiger partial charge in [0.25, 0.3) is 0 Å². The standard InChI is InChI=1S/C28H34N4O8/c1-2-29-27(35)30-21-13-14-32(28(36)31-21)25-24-23(39-22(40-24)12-11-17-7-4-3-5-8-17)20(38-25)16-37-15-18-9-6-10-19(18)26(33)34/h3-5,7-8,11-14,18-20,22-25H,2,6,9-10,15-16H2,1H3,(H,33,34)(H2,29,30,31,35,36)/t18?,19?,20-,22+,23?,24+,25-/m1/s1. The highest BCUT2D eigenvalue weighted by Gasteiger charge is 2.53. The number of rotatable bonds is 10. The van der Waals surface area contributed by atoms with Crippen molar-refractivity contribution in [1.29, 1.82) is 0 Å². The molecule has 0 spiro atoms. The van der Waals surface area contributed by atoms with Gasteiger partial charge in [0.1, 0.15) is 24.1 Å². The molecule has 12 heteroatoms. The van der Waals surface area contributed by atoms with Crippen LogP contribution in [0.5, 0.6) is 0 Å². The number of nitrogens with zero attached hydrogens (tertiary/aromatic N) is 2. The van der Waals surface area contributed by atoms with Gasteiger partial charge >= 0.3 is 17.7 Å². The fraction of sp³-hybridized carbons (Fsp3) is 0.500. The molecule has 2 saturated heterocycles. The minimum atomic E-state index is -0.842. The third-order valence-corrected chi connectivity index (χ3v) is 7.39. The monoisotopic (exact) mass is 554 g/mol. The van der Waals surface area contributed by atoms with E-state index in [9.17, 15) is 19.5 Å². The van der Waals surface area contributed by atoms with Crippen molar-refractivity contribution in [3.8, 4) is 0 Å². The van der Waals surface area contributed by atoms with Crippen molar-refractivity contribution in [2.24, 2.45) is 11.8 Å². The van der Waals surface area contributed by atoms with E-state index in [0.717, 1.165) is 18.4 Å². The molecular formula is C28H34N4O8. The van der Waals surface area contributed by atoms with Crippen LogP contribution >= 0.6 is 0 Å². The Morgan fingerprint density at radius 2 is 1.93 bits per heavy atom. The molecule has 40 heavy (non-hydrogen) atoms. The normalized spacial score (nSPS) is 29.5. The average Bonchev–Trinajstić information content (AvgIpc) is 3.65. The molecule has 1 aromatic heterocycles. The van der Waals surface area contributed by atoms with E-state index in [4.69, 9.17) is 18.9 Å². The SMILES string of the molecule is CCNC(=O)Nc1ccn([C@@H]2O[C@H](COCC3CCCC3C(=O)O)C3O[C@H](C=Cc4ccccc4)O[C@@H]32)c(=O)n1. The molecule has 1 aliphatic carbocycles. The Hall–Kier alpha value is -3.58. The Morgan fingerprint density at radius 1 is 1.12 bits per heavy atom. The number of urea groups is 1. The van der Waals surface area contributed by atoms with Crippen molar-refractivity contribution in [1.82, 2.24) is 14.9 Å². The van der Waals surface area contributed by atoms with Crippen molar-refractivity contribution in [2.75, 3.05) is 25.1 Å². The maximum absolute atomic E-state index is 12.9. The summed E-state index contributed by atoms with van der Waals surface area (Å²) in [6.45, 7) is 2.67. The smallest absolute Gasteiger partial charge is 0.351 e. The molecular weight excluding hydrogens is 520 g/mol. The van der Waals surface area contributed by atoms with E-state index in [1.165, 1.54) is 16.8 Å². The predicted octanol–water partition coefficient (Wildman–Crippen LogP) is 2.62. The van der Waals surface area contributed by atoms with Crippen molar-refractivity contribution in [3.63, 3.8) is 0 Å². The summed E-state index contributed by atoms with van der Waals surface area (Å²) < 4.78 is 25.8. The lowest BCUT2D eigenvalue weighted by molar-refractivity contribution is -0.147. The van der Waals surface area contributed by atoms with Crippen LogP contribution < -0.4 is 16.3 Å². The third kappa shape index (κ3) is 6.41. The Morgan fingerprint density at radius 3 is 2.67 bits per heavy atom. The van der Waals surface area contributed by atoms with Crippen LogP contribution in [0.1, 0.15) is 38.0 Å². The Kier molecular flexibility index (Phi) is 8.90. The summed E-state index contributed by atoms with van der Waals surface area (Å²) in [5.74, 6) is -1.14. The van der Waals surface area contributed by atoms with Crippen LogP contribution in [-0.4, -0.2) is 71.0 Å². The highest BCUT2D eigenvalue weighted by Crippen LogP contribution is 2.40. The van der Waals surface area contributed by atoms with Crippen molar-refractivity contribution in [3.05, 3.63) is 64.7 Å². The maximum Gasteiger partial charge on any atom is 0.351 e. The molecule has 0 bridgehead atoms. The second-order valence-electron chi connectivity index (χ2n) is 10.1. The topological polar surface area (TPSA) is 150 Å². The number of aromatic nitrogens is 2. The van der Waals surface area contributed by atoms with Crippen LogP contribution in [0.4, 0.5) is 10.6 Å². The van der Waals surface area contributed by atoms with Gasteiger partial charge in [-0.3, -0.25) is 14.7 Å². The van der Waals surface area contributed by atoms with Crippen LogP contribution in [-0.2, 0) is 23.7 Å². The van der Waals surface area contributed by atoms with Crippen molar-refractivity contribution < 1.29 is 33.6 Å². The first-order valence-electron chi connectivity index (χ1n) is 13.6. The first kappa shape index (κ1) is 28.0. The minimum absolute atomic E-state index is 0.0513. The predicted molar refractivity (Wildman–Crippen MR) is 143 cm³/mol. The summed E-state index contributed by atoms with van der Waals surface area (Å²) in [5.41, 5.74) is 0.362. The maximum atomic E-state index is 12.9. The van der Waals surface area contributed by atoms with Crippen LogP contribution in [0.3, 0.4) is 0 Å². The van der Waals surface area contributed by atoms with Gasteiger partial charge in [0, 0.05) is 12.7 Å². The summed E-state index contributed by atoms with van der Waals surface area (Å²) in [5, 5.41) is 14.6. The number of aliphatic carboxylic acids is 1. The highest BCUT2D eigenvalue weighted by atomic mass is 16.8. The Bertz CT molecular complexity index is 1270. The van der Waals surface area contributed by atoms with E-state index in [0.29, 0.717) is 19.6 Å². The molecule has 2 aliphatic heterocycles. The number of amides is 2. The van der Waals surface area contributed by atoms with E-state index in [1.54, 1.807) is 13.0 Å². The summed E-state index contributed by atoms with van der Waals surface area (Å²) in [7, 11) is 0. The van der Waals surface area contributed by atoms with E-state index < -0.39 is 54.4 Å². The molecule has 3 heterocycles. The molecule has 3 fully saturated rings. The van der Waals surface area contributed by atoms with Gasteiger partial charge < -0.3 is 29.4 Å². The molecule has 3 aliphatic rings. The zero-order valence-electron chi connectivity index (χ0n) is 22.2. The molecule has 0 radical (unpaired) electrons. The third-order valence-electron chi connectivity index (χ3n) is 7.39. The van der Waals surface area contributed by atoms with Gasteiger partial charge in [-0.25, -0.2) is 9.59 Å². The number of ether oxygens (including phenoxy) is 4. The first-order chi connectivity index (χ1) is 19.4. The van der Waals surface area contributed by atoms with Gasteiger partial charge in [-0.15, -0.1) is 0 Å². The molecule has 12 nitrogen and oxygen atoms in total. The largest absolute Gasteiger partial charge is 0.481 e.